The third-order valence-corrected chi connectivity index (χ3v) is 2.79. The smallest absolute Gasteiger partial charge is 0.417 e. The van der Waals surface area contributed by atoms with Crippen LogP contribution in [0.5, 0.6) is 0 Å². The van der Waals surface area contributed by atoms with Gasteiger partial charge in [0.1, 0.15) is 5.69 Å². The molecule has 5 nitrogen and oxygen atoms in total. The van der Waals surface area contributed by atoms with Crippen LogP contribution in [0.1, 0.15) is 35.8 Å². The van der Waals surface area contributed by atoms with Crippen molar-refractivity contribution in [1.29, 1.82) is 0 Å². The lowest BCUT2D eigenvalue weighted by molar-refractivity contribution is -0.138. The van der Waals surface area contributed by atoms with Crippen LogP contribution < -0.4 is 5.32 Å². The molecular formula is C13H15F3N2O3. The molecular weight excluding hydrogens is 289 g/mol. The number of nitrogens with zero attached hydrogens (tertiary/aromatic N) is 1. The van der Waals surface area contributed by atoms with Crippen molar-refractivity contribution in [2.24, 2.45) is 5.92 Å². The first-order chi connectivity index (χ1) is 9.70. The molecule has 1 atom stereocenters. The Labute approximate surface area is 119 Å². The highest BCUT2D eigenvalue weighted by Gasteiger charge is 2.30. The summed E-state index contributed by atoms with van der Waals surface area (Å²) in [7, 11) is 0. The van der Waals surface area contributed by atoms with Gasteiger partial charge in [0.2, 0.25) is 0 Å². The molecule has 0 aliphatic rings. The zero-order valence-electron chi connectivity index (χ0n) is 11.3. The minimum atomic E-state index is -4.49. The molecule has 0 aromatic carbocycles. The lowest BCUT2D eigenvalue weighted by Gasteiger charge is -2.11. The Morgan fingerprint density at radius 3 is 2.52 bits per heavy atom. The predicted molar refractivity (Wildman–Crippen MR) is 67.6 cm³/mol. The topological polar surface area (TPSA) is 79.3 Å². The number of carboxylic acid groups (broad SMARTS) is 1. The van der Waals surface area contributed by atoms with Crippen LogP contribution in [-0.4, -0.2) is 28.5 Å². The zero-order valence-corrected chi connectivity index (χ0v) is 11.3. The highest BCUT2D eigenvalue weighted by Crippen LogP contribution is 2.28. The average Bonchev–Trinajstić information content (AvgIpc) is 2.41. The van der Waals surface area contributed by atoms with Gasteiger partial charge in [-0.15, -0.1) is 0 Å². The number of alkyl halides is 3. The van der Waals surface area contributed by atoms with Crippen LogP contribution in [0.2, 0.25) is 0 Å². The summed E-state index contributed by atoms with van der Waals surface area (Å²) in [5.41, 5.74) is -1.04. The number of carbonyl (C=O) groups is 2. The molecule has 0 spiro atoms. The maximum Gasteiger partial charge on any atom is 0.417 e. The Hall–Kier alpha value is -2.12. The molecule has 0 aliphatic heterocycles. The van der Waals surface area contributed by atoms with Crippen molar-refractivity contribution in [3.63, 3.8) is 0 Å². The van der Waals surface area contributed by atoms with Gasteiger partial charge in [-0.2, -0.15) is 13.2 Å². The van der Waals surface area contributed by atoms with E-state index in [2.05, 4.69) is 10.3 Å². The van der Waals surface area contributed by atoms with Crippen molar-refractivity contribution in [1.82, 2.24) is 10.3 Å². The van der Waals surface area contributed by atoms with Crippen LogP contribution in [0, 0.1) is 5.92 Å². The van der Waals surface area contributed by atoms with Crippen LogP contribution in [0.3, 0.4) is 0 Å². The van der Waals surface area contributed by atoms with E-state index in [1.54, 1.807) is 6.92 Å². The molecule has 2 N–H and O–H groups in total. The average molecular weight is 304 g/mol. The van der Waals surface area contributed by atoms with Crippen LogP contribution in [0.4, 0.5) is 13.2 Å². The van der Waals surface area contributed by atoms with Gasteiger partial charge in [0, 0.05) is 19.2 Å². The summed E-state index contributed by atoms with van der Waals surface area (Å²) in [4.78, 5) is 25.5. The lowest BCUT2D eigenvalue weighted by Crippen LogP contribution is -2.29. The van der Waals surface area contributed by atoms with Crippen molar-refractivity contribution >= 4 is 11.9 Å². The Morgan fingerprint density at radius 1 is 1.38 bits per heavy atom. The fourth-order valence-corrected chi connectivity index (χ4v) is 1.53. The Kier molecular flexibility index (Phi) is 5.69. The number of aliphatic carboxylic acids is 1. The summed E-state index contributed by atoms with van der Waals surface area (Å²) >= 11 is 0. The first-order valence-corrected chi connectivity index (χ1v) is 6.23. The Balaban J connectivity index is 2.51. The number of pyridine rings is 1. The largest absolute Gasteiger partial charge is 0.481 e. The molecule has 8 heteroatoms. The van der Waals surface area contributed by atoms with Crippen LogP contribution in [0.15, 0.2) is 18.3 Å². The van der Waals surface area contributed by atoms with Gasteiger partial charge in [-0.05, 0) is 24.5 Å². The van der Waals surface area contributed by atoms with Gasteiger partial charge in [0.15, 0.2) is 0 Å². The van der Waals surface area contributed by atoms with Crippen molar-refractivity contribution in [2.45, 2.75) is 25.9 Å². The number of rotatable bonds is 6. The second-order valence-corrected chi connectivity index (χ2v) is 4.68. The van der Waals surface area contributed by atoms with Crippen molar-refractivity contribution < 1.29 is 27.9 Å². The summed E-state index contributed by atoms with van der Waals surface area (Å²) in [5, 5.41) is 11.0. The van der Waals surface area contributed by atoms with Gasteiger partial charge in [-0.3, -0.25) is 14.6 Å². The summed E-state index contributed by atoms with van der Waals surface area (Å²) in [5.74, 6) is -1.57. The second kappa shape index (κ2) is 7.05. The SMILES string of the molecule is CC(CCC(=O)O)CNC(=O)c1ccc(C(F)(F)F)cn1. The normalized spacial score (nSPS) is 12.8. The van der Waals surface area contributed by atoms with E-state index in [0.29, 0.717) is 12.6 Å². The number of halogens is 3. The molecule has 1 amide bonds. The second-order valence-electron chi connectivity index (χ2n) is 4.68. The van der Waals surface area contributed by atoms with E-state index in [-0.39, 0.29) is 24.6 Å². The standard InChI is InChI=1S/C13H15F3N2O3/c1-8(2-5-11(19)20)6-18-12(21)10-4-3-9(7-17-10)13(14,15)16/h3-4,7-8H,2,5-6H2,1H3,(H,18,21)(H,19,20). The summed E-state index contributed by atoms with van der Waals surface area (Å²) < 4.78 is 37.0. The number of carbonyl (C=O) groups excluding carboxylic acids is 1. The van der Waals surface area contributed by atoms with E-state index in [4.69, 9.17) is 5.11 Å². The van der Waals surface area contributed by atoms with E-state index in [0.717, 1.165) is 12.1 Å². The van der Waals surface area contributed by atoms with Gasteiger partial charge in [0.25, 0.3) is 5.91 Å². The van der Waals surface area contributed by atoms with Gasteiger partial charge >= 0.3 is 12.1 Å². The monoisotopic (exact) mass is 304 g/mol. The third-order valence-electron chi connectivity index (χ3n) is 2.79. The molecule has 0 radical (unpaired) electrons. The first-order valence-electron chi connectivity index (χ1n) is 6.23. The molecule has 1 aromatic rings. The highest BCUT2D eigenvalue weighted by molar-refractivity contribution is 5.92. The lowest BCUT2D eigenvalue weighted by atomic mass is 10.1. The Bertz CT molecular complexity index is 500. The van der Waals surface area contributed by atoms with Gasteiger partial charge in [-0.25, -0.2) is 0 Å². The van der Waals surface area contributed by atoms with E-state index in [1.165, 1.54) is 0 Å². The molecule has 1 aromatic heterocycles. The van der Waals surface area contributed by atoms with E-state index in [1.807, 2.05) is 0 Å². The quantitative estimate of drug-likeness (QED) is 0.845. The third kappa shape index (κ3) is 5.80. The predicted octanol–water partition coefficient (Wildman–Crippen LogP) is 2.33. The number of carboxylic acids is 1. The van der Waals surface area contributed by atoms with Crippen molar-refractivity contribution in [3.05, 3.63) is 29.6 Å². The summed E-state index contributed by atoms with van der Waals surface area (Å²) in [6, 6.07) is 1.79. The zero-order chi connectivity index (χ0) is 16.0. The van der Waals surface area contributed by atoms with E-state index in [9.17, 15) is 22.8 Å². The van der Waals surface area contributed by atoms with Crippen LogP contribution in [0.25, 0.3) is 0 Å². The minimum Gasteiger partial charge on any atom is -0.481 e. The summed E-state index contributed by atoms with van der Waals surface area (Å²) in [6.45, 7) is 2.00. The molecule has 0 bridgehead atoms. The number of nitrogens with one attached hydrogen (secondary N) is 1. The first kappa shape index (κ1) is 16.9. The van der Waals surface area contributed by atoms with Crippen LogP contribution >= 0.6 is 0 Å². The number of hydrogen-bond donors (Lipinski definition) is 2. The van der Waals surface area contributed by atoms with Crippen LogP contribution in [-0.2, 0) is 11.0 Å². The fraction of sp³-hybridized carbons (Fsp3) is 0.462. The summed E-state index contributed by atoms with van der Waals surface area (Å²) in [6.07, 6.45) is -3.50. The van der Waals surface area contributed by atoms with Gasteiger partial charge in [-0.1, -0.05) is 6.92 Å². The van der Waals surface area contributed by atoms with E-state index >= 15 is 0 Å². The van der Waals surface area contributed by atoms with Gasteiger partial charge in [0.05, 0.1) is 5.56 Å². The maximum atomic E-state index is 12.3. The maximum absolute atomic E-state index is 12.3. The molecule has 0 aliphatic carbocycles. The number of hydrogen-bond acceptors (Lipinski definition) is 3. The van der Waals surface area contributed by atoms with Crippen molar-refractivity contribution in [2.75, 3.05) is 6.54 Å². The molecule has 0 saturated heterocycles. The highest BCUT2D eigenvalue weighted by atomic mass is 19.4. The number of aromatic nitrogens is 1. The molecule has 21 heavy (non-hydrogen) atoms. The minimum absolute atomic E-state index is 0.00440. The molecule has 116 valence electrons. The molecule has 1 heterocycles. The fourth-order valence-electron chi connectivity index (χ4n) is 1.53. The molecule has 1 rings (SSSR count). The van der Waals surface area contributed by atoms with E-state index < -0.39 is 23.6 Å². The van der Waals surface area contributed by atoms with Crippen molar-refractivity contribution in [3.8, 4) is 0 Å². The number of amides is 1. The molecule has 0 saturated carbocycles. The molecule has 0 fully saturated rings. The van der Waals surface area contributed by atoms with Gasteiger partial charge < -0.3 is 10.4 Å². The molecule has 1 unspecified atom stereocenters. The Morgan fingerprint density at radius 2 is 2.05 bits per heavy atom.